The molecule has 0 fully saturated rings. The monoisotopic (exact) mass is 551 g/mol. The van der Waals surface area contributed by atoms with Crippen molar-refractivity contribution in [2.24, 2.45) is 0 Å². The van der Waals surface area contributed by atoms with Crippen LogP contribution in [0.2, 0.25) is 0 Å². The number of allylic oxidation sites excluding steroid dienone is 1. The first kappa shape index (κ1) is 28.4. The van der Waals surface area contributed by atoms with E-state index in [2.05, 4.69) is 24.5 Å². The van der Waals surface area contributed by atoms with Gasteiger partial charge in [0.1, 0.15) is 11.8 Å². The zero-order valence-corrected chi connectivity index (χ0v) is 24.1. The first-order valence-electron chi connectivity index (χ1n) is 13.4. The number of hydrogen-bond donors (Lipinski definition) is 2. The lowest BCUT2D eigenvalue weighted by Crippen LogP contribution is -2.31. The number of aromatic nitrogens is 3. The minimum Gasteiger partial charge on any atom is -0.493 e. The van der Waals surface area contributed by atoms with Crippen LogP contribution in [0.5, 0.6) is 17.2 Å². The Labute approximate surface area is 234 Å². The number of hydrogen-bond acceptors (Lipinski definition) is 8. The number of nitrogens with zero attached hydrogens (tertiary/aromatic N) is 3. The van der Waals surface area contributed by atoms with Crippen molar-refractivity contribution in [3.05, 3.63) is 59.3 Å². The van der Waals surface area contributed by atoms with Gasteiger partial charge in [-0.05, 0) is 56.5 Å². The molecular weight excluding hydrogens is 514 g/mol. The van der Waals surface area contributed by atoms with Crippen LogP contribution in [0.4, 0.5) is 11.6 Å². The molecule has 1 atom stereocenters. The first-order chi connectivity index (χ1) is 19.0. The van der Waals surface area contributed by atoms with E-state index in [1.54, 1.807) is 23.6 Å². The molecule has 10 heteroatoms. The summed E-state index contributed by atoms with van der Waals surface area (Å²) in [5, 5.41) is 11.9. The molecule has 2 N–H and O–H groups in total. The van der Waals surface area contributed by atoms with Gasteiger partial charge in [0, 0.05) is 11.4 Å². The van der Waals surface area contributed by atoms with Gasteiger partial charge in [0.05, 0.1) is 31.6 Å². The van der Waals surface area contributed by atoms with Crippen molar-refractivity contribution in [1.29, 1.82) is 0 Å². The third-order valence-electron chi connectivity index (χ3n) is 6.21. The molecule has 1 aromatic heterocycles. The normalized spacial score (nSPS) is 14.4. The van der Waals surface area contributed by atoms with E-state index < -0.39 is 6.04 Å². The highest BCUT2D eigenvalue weighted by molar-refractivity contribution is 7.99. The molecular formula is C29H37N5O4S. The number of amides is 1. The fourth-order valence-corrected chi connectivity index (χ4v) is 5.24. The summed E-state index contributed by atoms with van der Waals surface area (Å²) in [4.78, 5) is 18.6. The van der Waals surface area contributed by atoms with Crippen LogP contribution >= 0.6 is 11.8 Å². The molecule has 0 spiro atoms. The van der Waals surface area contributed by atoms with E-state index in [1.807, 2.05) is 56.3 Å². The number of fused-ring (bicyclic) bond motifs is 1. The van der Waals surface area contributed by atoms with Crippen LogP contribution in [-0.2, 0) is 4.79 Å². The first-order valence-corrected chi connectivity index (χ1v) is 14.4. The van der Waals surface area contributed by atoms with Crippen LogP contribution in [0.25, 0.3) is 0 Å². The van der Waals surface area contributed by atoms with Gasteiger partial charge in [-0.3, -0.25) is 4.79 Å². The highest BCUT2D eigenvalue weighted by atomic mass is 32.2. The van der Waals surface area contributed by atoms with Gasteiger partial charge < -0.3 is 24.8 Å². The van der Waals surface area contributed by atoms with Gasteiger partial charge in [-0.15, -0.1) is 5.10 Å². The van der Waals surface area contributed by atoms with Gasteiger partial charge in [0.15, 0.2) is 11.5 Å². The summed E-state index contributed by atoms with van der Waals surface area (Å²) in [5.74, 6) is 3.12. The van der Waals surface area contributed by atoms with Crippen molar-refractivity contribution < 1.29 is 19.0 Å². The number of rotatable bonds is 13. The number of methoxy groups -OCH3 is 1. The second kappa shape index (κ2) is 13.4. The molecule has 1 unspecified atom stereocenters. The summed E-state index contributed by atoms with van der Waals surface area (Å²) >= 11 is 1.61. The average molecular weight is 552 g/mol. The smallest absolute Gasteiger partial charge is 0.255 e. The van der Waals surface area contributed by atoms with E-state index in [-0.39, 0.29) is 5.91 Å². The standard InChI is InChI=1S/C29H37N5O4S/c1-6-9-17-39-29-32-28-30-19(4)25(27(35)31-21-12-10-11-13-22(21)37-8-3)26(34(28)33-29)20-14-15-23(38-16-7-2)24(18-20)36-5/h10-15,18,26H,6-9,16-17H2,1-5H3,(H,31,35)(H,30,32,33). The highest BCUT2D eigenvalue weighted by Gasteiger charge is 2.35. The van der Waals surface area contributed by atoms with Crippen LogP contribution < -0.4 is 24.8 Å². The van der Waals surface area contributed by atoms with E-state index in [9.17, 15) is 4.79 Å². The summed E-state index contributed by atoms with van der Waals surface area (Å²) in [6.45, 7) is 9.09. The number of ether oxygens (including phenoxy) is 3. The molecule has 208 valence electrons. The van der Waals surface area contributed by atoms with E-state index >= 15 is 0 Å². The Balaban J connectivity index is 1.76. The SMILES string of the molecule is CCCCSc1nc2n(n1)C(c1ccc(OCCC)c(OC)c1)C(C(=O)Nc1ccccc1OCC)=C(C)N2. The zero-order chi connectivity index (χ0) is 27.8. The van der Waals surface area contributed by atoms with Crippen molar-refractivity contribution in [2.75, 3.05) is 36.7 Å². The lowest BCUT2D eigenvalue weighted by atomic mass is 9.94. The lowest BCUT2D eigenvalue weighted by Gasteiger charge is -2.29. The third kappa shape index (κ3) is 6.50. The quantitative estimate of drug-likeness (QED) is 0.189. The van der Waals surface area contributed by atoms with E-state index in [1.165, 1.54) is 0 Å². The largest absolute Gasteiger partial charge is 0.493 e. The molecule has 39 heavy (non-hydrogen) atoms. The van der Waals surface area contributed by atoms with Crippen LogP contribution in [-0.4, -0.2) is 46.7 Å². The maximum Gasteiger partial charge on any atom is 0.255 e. The van der Waals surface area contributed by atoms with Crippen molar-refractivity contribution in [1.82, 2.24) is 14.8 Å². The van der Waals surface area contributed by atoms with Crippen molar-refractivity contribution in [3.8, 4) is 17.2 Å². The number of para-hydroxylation sites is 2. The molecule has 9 nitrogen and oxygen atoms in total. The van der Waals surface area contributed by atoms with E-state index in [4.69, 9.17) is 24.3 Å². The van der Waals surface area contributed by atoms with Gasteiger partial charge in [-0.1, -0.05) is 50.2 Å². The van der Waals surface area contributed by atoms with E-state index in [0.29, 0.717) is 58.5 Å². The van der Waals surface area contributed by atoms with Gasteiger partial charge in [0.25, 0.3) is 5.91 Å². The Morgan fingerprint density at radius 1 is 1.08 bits per heavy atom. The molecule has 1 aliphatic heterocycles. The van der Waals surface area contributed by atoms with Crippen LogP contribution in [0.15, 0.2) is 58.9 Å². The maximum atomic E-state index is 13.9. The van der Waals surface area contributed by atoms with Gasteiger partial charge in [0.2, 0.25) is 11.1 Å². The maximum absolute atomic E-state index is 13.9. The number of nitrogens with one attached hydrogen (secondary N) is 2. The van der Waals surface area contributed by atoms with Gasteiger partial charge in [-0.2, -0.15) is 4.98 Å². The number of thioether (sulfide) groups is 1. The number of unbranched alkanes of at least 4 members (excludes halogenated alkanes) is 1. The molecule has 4 rings (SSSR count). The minimum absolute atomic E-state index is 0.260. The Bertz CT molecular complexity index is 1320. The molecule has 3 aromatic rings. The second-order valence-electron chi connectivity index (χ2n) is 9.07. The zero-order valence-electron chi connectivity index (χ0n) is 23.2. The third-order valence-corrected chi connectivity index (χ3v) is 7.13. The molecule has 0 saturated heterocycles. The summed E-state index contributed by atoms with van der Waals surface area (Å²) in [6, 6.07) is 12.6. The minimum atomic E-state index is -0.539. The van der Waals surface area contributed by atoms with Gasteiger partial charge in [-0.25, -0.2) is 4.68 Å². The second-order valence-corrected chi connectivity index (χ2v) is 10.1. The summed E-state index contributed by atoms with van der Waals surface area (Å²) in [7, 11) is 1.61. The highest BCUT2D eigenvalue weighted by Crippen LogP contribution is 2.40. The van der Waals surface area contributed by atoms with Crippen LogP contribution in [0.1, 0.15) is 58.6 Å². The summed E-state index contributed by atoms with van der Waals surface area (Å²) in [5.41, 5.74) is 2.65. The van der Waals surface area contributed by atoms with E-state index in [0.717, 1.165) is 30.6 Å². The molecule has 0 aliphatic carbocycles. The topological polar surface area (TPSA) is 99.5 Å². The van der Waals surface area contributed by atoms with Crippen molar-refractivity contribution >= 4 is 29.3 Å². The molecule has 1 aliphatic rings. The Hall–Kier alpha value is -3.66. The Morgan fingerprint density at radius 3 is 2.64 bits per heavy atom. The van der Waals surface area contributed by atoms with Crippen LogP contribution in [0, 0.1) is 0 Å². The molecule has 0 saturated carbocycles. The van der Waals surface area contributed by atoms with Crippen molar-refractivity contribution in [2.45, 2.75) is 58.2 Å². The number of carbonyl (C=O) groups excluding carboxylic acids is 1. The fraction of sp³-hybridized carbons (Fsp3) is 0.414. The average Bonchev–Trinajstić information content (AvgIpc) is 3.34. The lowest BCUT2D eigenvalue weighted by molar-refractivity contribution is -0.113. The summed E-state index contributed by atoms with van der Waals surface area (Å²) < 4.78 is 19.1. The van der Waals surface area contributed by atoms with Crippen molar-refractivity contribution in [3.63, 3.8) is 0 Å². The molecule has 2 aromatic carbocycles. The molecule has 0 bridgehead atoms. The fourth-order valence-electron chi connectivity index (χ4n) is 4.33. The number of anilines is 2. The molecule has 1 amide bonds. The number of benzene rings is 2. The Morgan fingerprint density at radius 2 is 1.90 bits per heavy atom. The number of carbonyl (C=O) groups is 1. The predicted octanol–water partition coefficient (Wildman–Crippen LogP) is 6.29. The van der Waals surface area contributed by atoms with Gasteiger partial charge >= 0.3 is 0 Å². The summed E-state index contributed by atoms with van der Waals surface area (Å²) in [6.07, 6.45) is 3.06. The van der Waals surface area contributed by atoms with Crippen LogP contribution in [0.3, 0.4) is 0 Å². The molecule has 0 radical (unpaired) electrons. The Kier molecular flexibility index (Phi) is 9.75. The molecule has 2 heterocycles. The predicted molar refractivity (Wildman–Crippen MR) is 155 cm³/mol.